The summed E-state index contributed by atoms with van der Waals surface area (Å²) in [6.45, 7) is 7.20. The molecule has 2 aromatic rings. The molecule has 2 fully saturated rings. The summed E-state index contributed by atoms with van der Waals surface area (Å²) >= 11 is 0. The van der Waals surface area contributed by atoms with Gasteiger partial charge in [-0.3, -0.25) is 4.99 Å². The van der Waals surface area contributed by atoms with Gasteiger partial charge in [0.2, 0.25) is 0 Å². The van der Waals surface area contributed by atoms with Crippen molar-refractivity contribution in [3.63, 3.8) is 0 Å². The molecule has 0 radical (unpaired) electrons. The second-order valence-corrected chi connectivity index (χ2v) is 8.68. The first-order chi connectivity index (χ1) is 13.4. The highest BCUT2D eigenvalue weighted by Gasteiger charge is 2.62. The number of benzene rings is 2. The lowest BCUT2D eigenvalue weighted by molar-refractivity contribution is 0.203. The number of aliphatic imine (C=N–C) groups is 1. The molecule has 3 nitrogen and oxygen atoms in total. The maximum atomic E-state index is 5.30. The number of rotatable bonds is 4. The number of methoxy groups -OCH3 is 2. The Morgan fingerprint density at radius 2 is 1.46 bits per heavy atom. The van der Waals surface area contributed by atoms with Crippen LogP contribution in [0.25, 0.3) is 6.08 Å². The summed E-state index contributed by atoms with van der Waals surface area (Å²) in [5.41, 5.74) is 5.12. The maximum absolute atomic E-state index is 5.30. The Balaban J connectivity index is 1.80. The van der Waals surface area contributed by atoms with Gasteiger partial charge in [0.25, 0.3) is 0 Å². The van der Waals surface area contributed by atoms with Gasteiger partial charge in [-0.25, -0.2) is 0 Å². The molecule has 4 rings (SSSR count). The van der Waals surface area contributed by atoms with E-state index in [0.29, 0.717) is 5.92 Å². The van der Waals surface area contributed by atoms with Gasteiger partial charge in [0.1, 0.15) is 11.5 Å². The number of allylic oxidation sites excluding steroid dienone is 1. The van der Waals surface area contributed by atoms with E-state index in [1.165, 1.54) is 29.7 Å². The van der Waals surface area contributed by atoms with Crippen LogP contribution < -0.4 is 9.47 Å². The Morgan fingerprint density at radius 1 is 0.893 bits per heavy atom. The fraction of sp³-hybridized carbons (Fsp3) is 0.400. The van der Waals surface area contributed by atoms with E-state index in [1.807, 2.05) is 36.4 Å². The van der Waals surface area contributed by atoms with Crippen LogP contribution >= 0.6 is 0 Å². The van der Waals surface area contributed by atoms with Gasteiger partial charge in [-0.1, -0.05) is 32.9 Å². The largest absolute Gasteiger partial charge is 0.497 e. The molecule has 2 saturated carbocycles. The van der Waals surface area contributed by atoms with E-state index in [2.05, 4.69) is 39.0 Å². The smallest absolute Gasteiger partial charge is 0.119 e. The van der Waals surface area contributed by atoms with Crippen LogP contribution in [0.3, 0.4) is 0 Å². The zero-order valence-corrected chi connectivity index (χ0v) is 17.5. The molecule has 0 spiro atoms. The molecule has 146 valence electrons. The summed E-state index contributed by atoms with van der Waals surface area (Å²) in [6, 6.07) is 16.3. The minimum absolute atomic E-state index is 0.0932. The van der Waals surface area contributed by atoms with E-state index in [1.54, 1.807) is 14.2 Å². The molecular formula is C25H29NO2. The fourth-order valence-electron chi connectivity index (χ4n) is 4.97. The predicted octanol–water partition coefficient (Wildman–Crippen LogP) is 6.32. The molecular weight excluding hydrogens is 346 g/mol. The van der Waals surface area contributed by atoms with Gasteiger partial charge < -0.3 is 9.47 Å². The molecule has 0 aliphatic heterocycles. The summed E-state index contributed by atoms with van der Waals surface area (Å²) in [5, 5.41) is 0. The Labute approximate surface area is 168 Å². The van der Waals surface area contributed by atoms with Gasteiger partial charge in [0.15, 0.2) is 0 Å². The van der Waals surface area contributed by atoms with Gasteiger partial charge in [0.05, 0.1) is 25.6 Å². The van der Waals surface area contributed by atoms with Crippen LogP contribution in [0, 0.1) is 16.7 Å². The summed E-state index contributed by atoms with van der Waals surface area (Å²) < 4.78 is 10.6. The number of nitrogens with zero attached hydrogens (tertiary/aromatic N) is 1. The highest BCUT2D eigenvalue weighted by Crippen LogP contribution is 2.66. The van der Waals surface area contributed by atoms with Crippen molar-refractivity contribution in [2.75, 3.05) is 14.2 Å². The molecule has 0 saturated heterocycles. The Hall–Kier alpha value is -2.55. The van der Waals surface area contributed by atoms with Crippen LogP contribution in [0.1, 0.15) is 39.2 Å². The molecule has 0 heterocycles. The molecule has 28 heavy (non-hydrogen) atoms. The average Bonchev–Trinajstić information content (AvgIpc) is 3.02. The SMILES string of the molecule is COc1ccc(/C=C2/C(=Nc3ccc(OC)cc3)C3(C)CCC2C3(C)C)cc1. The molecule has 2 bridgehead atoms. The third-order valence-corrected chi connectivity index (χ3v) is 7.15. The van der Waals surface area contributed by atoms with Gasteiger partial charge in [-0.2, -0.15) is 0 Å². The quantitative estimate of drug-likeness (QED) is 0.626. The lowest BCUT2D eigenvalue weighted by atomic mass is 9.70. The van der Waals surface area contributed by atoms with Crippen molar-refractivity contribution in [2.45, 2.75) is 33.6 Å². The van der Waals surface area contributed by atoms with E-state index >= 15 is 0 Å². The lowest BCUT2D eigenvalue weighted by Gasteiger charge is -2.34. The number of hydrogen-bond donors (Lipinski definition) is 0. The Morgan fingerprint density at radius 3 is 2.04 bits per heavy atom. The highest BCUT2D eigenvalue weighted by atomic mass is 16.5. The second-order valence-electron chi connectivity index (χ2n) is 8.68. The molecule has 0 amide bonds. The summed E-state index contributed by atoms with van der Waals surface area (Å²) in [5.74, 6) is 2.28. The standard InChI is InChI=1S/C25H29NO2/c1-24(2)22-14-15-25(24,3)23(26-18-8-12-20(28-5)13-9-18)21(22)16-17-6-10-19(27-4)11-7-17/h6-13,16,22H,14-15H2,1-5H3/b21-16+,26-23?. The normalized spacial score (nSPS) is 28.1. The number of hydrogen-bond acceptors (Lipinski definition) is 3. The van der Waals surface area contributed by atoms with Crippen molar-refractivity contribution < 1.29 is 9.47 Å². The summed E-state index contributed by atoms with van der Waals surface area (Å²) in [4.78, 5) is 5.16. The fourth-order valence-corrected chi connectivity index (χ4v) is 4.97. The predicted molar refractivity (Wildman–Crippen MR) is 116 cm³/mol. The highest BCUT2D eigenvalue weighted by molar-refractivity contribution is 6.12. The van der Waals surface area contributed by atoms with E-state index in [9.17, 15) is 0 Å². The lowest BCUT2D eigenvalue weighted by Crippen LogP contribution is -2.32. The van der Waals surface area contributed by atoms with Crippen molar-refractivity contribution in [1.29, 1.82) is 0 Å². The third kappa shape index (κ3) is 2.85. The zero-order valence-electron chi connectivity index (χ0n) is 17.5. The minimum Gasteiger partial charge on any atom is -0.497 e. The van der Waals surface area contributed by atoms with Crippen molar-refractivity contribution >= 4 is 17.5 Å². The third-order valence-electron chi connectivity index (χ3n) is 7.15. The molecule has 2 aromatic carbocycles. The van der Waals surface area contributed by atoms with E-state index in [-0.39, 0.29) is 10.8 Å². The minimum atomic E-state index is 0.0932. The monoisotopic (exact) mass is 375 g/mol. The van der Waals surface area contributed by atoms with Gasteiger partial charge in [-0.15, -0.1) is 0 Å². The average molecular weight is 376 g/mol. The van der Waals surface area contributed by atoms with Crippen molar-refractivity contribution in [2.24, 2.45) is 21.7 Å². The van der Waals surface area contributed by atoms with Crippen molar-refractivity contribution in [1.82, 2.24) is 0 Å². The number of ether oxygens (including phenoxy) is 2. The van der Waals surface area contributed by atoms with Crippen LogP contribution in [0.5, 0.6) is 11.5 Å². The molecule has 0 aromatic heterocycles. The number of fused-ring (bicyclic) bond motifs is 2. The molecule has 0 N–H and O–H groups in total. The van der Waals surface area contributed by atoms with Crippen LogP contribution in [-0.4, -0.2) is 19.9 Å². The summed E-state index contributed by atoms with van der Waals surface area (Å²) in [7, 11) is 3.39. The molecule has 3 heteroatoms. The van der Waals surface area contributed by atoms with E-state index in [4.69, 9.17) is 14.5 Å². The zero-order chi connectivity index (χ0) is 19.9. The first-order valence-corrected chi connectivity index (χ1v) is 9.98. The molecule has 2 atom stereocenters. The summed E-state index contributed by atoms with van der Waals surface area (Å²) in [6.07, 6.45) is 4.76. The maximum Gasteiger partial charge on any atom is 0.119 e. The van der Waals surface area contributed by atoms with Gasteiger partial charge in [-0.05, 0) is 77.8 Å². The first-order valence-electron chi connectivity index (χ1n) is 9.98. The topological polar surface area (TPSA) is 30.8 Å². The van der Waals surface area contributed by atoms with E-state index < -0.39 is 0 Å². The Kier molecular flexibility index (Phi) is 4.57. The van der Waals surface area contributed by atoms with E-state index in [0.717, 1.165) is 17.2 Å². The van der Waals surface area contributed by atoms with Crippen LogP contribution in [0.4, 0.5) is 5.69 Å². The molecule has 2 aliphatic carbocycles. The van der Waals surface area contributed by atoms with Crippen molar-refractivity contribution in [3.8, 4) is 11.5 Å². The molecule has 2 unspecified atom stereocenters. The van der Waals surface area contributed by atoms with Crippen LogP contribution in [-0.2, 0) is 0 Å². The second kappa shape index (κ2) is 6.80. The van der Waals surface area contributed by atoms with Gasteiger partial charge in [0, 0.05) is 5.41 Å². The van der Waals surface area contributed by atoms with Gasteiger partial charge >= 0.3 is 0 Å². The first kappa shape index (κ1) is 18.8. The Bertz CT molecular complexity index is 922. The van der Waals surface area contributed by atoms with Crippen LogP contribution in [0.2, 0.25) is 0 Å². The van der Waals surface area contributed by atoms with Crippen LogP contribution in [0.15, 0.2) is 59.1 Å². The van der Waals surface area contributed by atoms with Crippen molar-refractivity contribution in [3.05, 3.63) is 59.7 Å². The molecule has 2 aliphatic rings.